The summed E-state index contributed by atoms with van der Waals surface area (Å²) in [5.74, 6) is 4.08. The molecule has 0 bridgehead atoms. The van der Waals surface area contributed by atoms with Crippen molar-refractivity contribution in [3.8, 4) is 0 Å². The second kappa shape index (κ2) is 4.42. The highest BCUT2D eigenvalue weighted by Crippen LogP contribution is 2.29. The molecule has 4 nitrogen and oxygen atoms in total. The molecule has 1 fully saturated rings. The number of aliphatic carboxylic acids is 1. The van der Waals surface area contributed by atoms with Crippen molar-refractivity contribution in [2.45, 2.75) is 25.7 Å². The molecule has 0 spiro atoms. The van der Waals surface area contributed by atoms with E-state index in [4.69, 9.17) is 11.0 Å². The van der Waals surface area contributed by atoms with Gasteiger partial charge in [0.15, 0.2) is 0 Å². The molecule has 12 heavy (non-hydrogen) atoms. The van der Waals surface area contributed by atoms with Crippen LogP contribution in [0.4, 0.5) is 0 Å². The number of carbonyl (C=O) groups is 1. The molecule has 70 valence electrons. The van der Waals surface area contributed by atoms with Crippen LogP contribution in [0.5, 0.6) is 0 Å². The van der Waals surface area contributed by atoms with E-state index in [2.05, 4.69) is 4.84 Å². The van der Waals surface area contributed by atoms with E-state index in [1.807, 2.05) is 0 Å². The topological polar surface area (TPSA) is 72.5 Å². The van der Waals surface area contributed by atoms with E-state index >= 15 is 0 Å². The summed E-state index contributed by atoms with van der Waals surface area (Å²) < 4.78 is 0. The van der Waals surface area contributed by atoms with E-state index < -0.39 is 5.97 Å². The zero-order valence-electron chi connectivity index (χ0n) is 7.03. The van der Waals surface area contributed by atoms with Crippen molar-refractivity contribution in [3.05, 3.63) is 0 Å². The highest BCUT2D eigenvalue weighted by Gasteiger charge is 2.30. The van der Waals surface area contributed by atoms with Crippen molar-refractivity contribution in [1.82, 2.24) is 0 Å². The fraction of sp³-hybridized carbons (Fsp3) is 0.875. The minimum Gasteiger partial charge on any atom is -0.481 e. The summed E-state index contributed by atoms with van der Waals surface area (Å²) in [5.41, 5.74) is 0. The second-order valence-corrected chi connectivity index (χ2v) is 3.32. The Bertz CT molecular complexity index is 158. The maximum absolute atomic E-state index is 10.7. The van der Waals surface area contributed by atoms with E-state index in [0.29, 0.717) is 6.61 Å². The average molecular weight is 173 g/mol. The van der Waals surface area contributed by atoms with E-state index in [0.717, 1.165) is 25.7 Å². The van der Waals surface area contributed by atoms with Crippen molar-refractivity contribution in [3.63, 3.8) is 0 Å². The van der Waals surface area contributed by atoms with E-state index in [1.54, 1.807) is 0 Å². The van der Waals surface area contributed by atoms with Crippen LogP contribution < -0.4 is 5.90 Å². The van der Waals surface area contributed by atoms with Crippen LogP contribution in [-0.4, -0.2) is 17.7 Å². The molecular formula is C8H15NO3. The summed E-state index contributed by atoms with van der Waals surface area (Å²) in [5, 5.41) is 8.84. The zero-order valence-corrected chi connectivity index (χ0v) is 7.03. The molecule has 1 saturated carbocycles. The Hall–Kier alpha value is -0.610. The Labute approximate surface area is 71.7 Å². The molecule has 0 amide bonds. The lowest BCUT2D eigenvalue weighted by Gasteiger charge is -2.27. The van der Waals surface area contributed by atoms with E-state index in [-0.39, 0.29) is 11.8 Å². The fourth-order valence-electron chi connectivity index (χ4n) is 1.86. The van der Waals surface area contributed by atoms with Crippen LogP contribution in [0.3, 0.4) is 0 Å². The van der Waals surface area contributed by atoms with Gasteiger partial charge in [-0.05, 0) is 18.8 Å². The molecule has 1 aliphatic carbocycles. The van der Waals surface area contributed by atoms with Crippen LogP contribution in [0.1, 0.15) is 25.7 Å². The molecule has 1 rings (SSSR count). The first-order chi connectivity index (χ1) is 5.75. The molecule has 0 aromatic carbocycles. The molecule has 0 aliphatic heterocycles. The van der Waals surface area contributed by atoms with Crippen molar-refractivity contribution < 1.29 is 14.7 Å². The maximum atomic E-state index is 10.7. The average Bonchev–Trinajstić information content (AvgIpc) is 2.05. The number of carboxylic acid groups (broad SMARTS) is 1. The first-order valence-corrected chi connectivity index (χ1v) is 4.30. The number of hydrogen-bond donors (Lipinski definition) is 2. The number of carboxylic acids is 1. The maximum Gasteiger partial charge on any atom is 0.306 e. The Morgan fingerprint density at radius 2 is 2.17 bits per heavy atom. The fourth-order valence-corrected chi connectivity index (χ4v) is 1.86. The first kappa shape index (κ1) is 9.48. The highest BCUT2D eigenvalue weighted by molar-refractivity contribution is 5.70. The molecule has 0 aromatic rings. The lowest BCUT2D eigenvalue weighted by atomic mass is 9.80. The van der Waals surface area contributed by atoms with Crippen molar-refractivity contribution >= 4 is 5.97 Å². The quantitative estimate of drug-likeness (QED) is 0.618. The standard InChI is InChI=1S/C8H15NO3/c9-12-5-6-3-1-2-4-7(6)8(10)11/h6-7H,1-5,9H2,(H,10,11). The molecule has 1 aliphatic rings. The van der Waals surface area contributed by atoms with Crippen LogP contribution in [0.2, 0.25) is 0 Å². The summed E-state index contributed by atoms with van der Waals surface area (Å²) in [6.07, 6.45) is 3.80. The minimum absolute atomic E-state index is 0.112. The molecule has 3 N–H and O–H groups in total. The minimum atomic E-state index is -0.711. The van der Waals surface area contributed by atoms with Crippen molar-refractivity contribution in [1.29, 1.82) is 0 Å². The SMILES string of the molecule is NOCC1CCCCC1C(=O)O. The molecule has 2 unspecified atom stereocenters. The van der Waals surface area contributed by atoms with Gasteiger partial charge in [-0.1, -0.05) is 12.8 Å². The Balaban J connectivity index is 2.48. The molecule has 4 heteroatoms. The summed E-state index contributed by atoms with van der Waals surface area (Å²) >= 11 is 0. The van der Waals surface area contributed by atoms with Crippen LogP contribution in [0.15, 0.2) is 0 Å². The summed E-state index contributed by atoms with van der Waals surface area (Å²) in [4.78, 5) is 15.2. The number of nitrogens with two attached hydrogens (primary N) is 1. The monoisotopic (exact) mass is 173 g/mol. The van der Waals surface area contributed by atoms with Gasteiger partial charge in [-0.3, -0.25) is 4.79 Å². The largest absolute Gasteiger partial charge is 0.481 e. The van der Waals surface area contributed by atoms with Crippen molar-refractivity contribution in [2.75, 3.05) is 6.61 Å². The van der Waals surface area contributed by atoms with Gasteiger partial charge in [0.05, 0.1) is 12.5 Å². The number of rotatable bonds is 3. The molecule has 0 saturated heterocycles. The van der Waals surface area contributed by atoms with Crippen LogP contribution >= 0.6 is 0 Å². The molecule has 2 atom stereocenters. The van der Waals surface area contributed by atoms with Gasteiger partial charge in [-0.15, -0.1) is 0 Å². The third-order valence-electron chi connectivity index (χ3n) is 2.54. The molecule has 0 heterocycles. The third-order valence-corrected chi connectivity index (χ3v) is 2.54. The van der Waals surface area contributed by atoms with Gasteiger partial charge < -0.3 is 9.94 Å². The summed E-state index contributed by atoms with van der Waals surface area (Å²) in [6.45, 7) is 0.372. The summed E-state index contributed by atoms with van der Waals surface area (Å²) in [7, 11) is 0. The normalized spacial score (nSPS) is 30.1. The van der Waals surface area contributed by atoms with Crippen LogP contribution in [-0.2, 0) is 9.63 Å². The predicted octanol–water partition coefficient (Wildman–Crippen LogP) is 0.768. The second-order valence-electron chi connectivity index (χ2n) is 3.32. The molecule has 0 aromatic heterocycles. The van der Waals surface area contributed by atoms with Gasteiger partial charge in [-0.2, -0.15) is 0 Å². The van der Waals surface area contributed by atoms with Gasteiger partial charge >= 0.3 is 5.97 Å². The van der Waals surface area contributed by atoms with Crippen molar-refractivity contribution in [2.24, 2.45) is 17.7 Å². The molecular weight excluding hydrogens is 158 g/mol. The Morgan fingerprint density at radius 1 is 1.50 bits per heavy atom. The molecule has 0 radical (unpaired) electrons. The van der Waals surface area contributed by atoms with E-state index in [1.165, 1.54) is 0 Å². The first-order valence-electron chi connectivity index (χ1n) is 4.30. The predicted molar refractivity (Wildman–Crippen MR) is 43.2 cm³/mol. The lowest BCUT2D eigenvalue weighted by Crippen LogP contribution is -2.30. The lowest BCUT2D eigenvalue weighted by molar-refractivity contribution is -0.146. The van der Waals surface area contributed by atoms with Gasteiger partial charge in [0.2, 0.25) is 0 Å². The highest BCUT2D eigenvalue weighted by atomic mass is 16.6. The Kier molecular flexibility index (Phi) is 3.49. The van der Waals surface area contributed by atoms with Crippen LogP contribution in [0.25, 0.3) is 0 Å². The van der Waals surface area contributed by atoms with E-state index in [9.17, 15) is 4.79 Å². The van der Waals surface area contributed by atoms with Crippen LogP contribution in [0, 0.1) is 11.8 Å². The smallest absolute Gasteiger partial charge is 0.306 e. The van der Waals surface area contributed by atoms with Gasteiger partial charge in [0.1, 0.15) is 0 Å². The zero-order chi connectivity index (χ0) is 8.97. The summed E-state index contributed by atoms with van der Waals surface area (Å²) in [6, 6.07) is 0. The third kappa shape index (κ3) is 2.19. The van der Waals surface area contributed by atoms with Gasteiger partial charge in [0.25, 0.3) is 0 Å². The Morgan fingerprint density at radius 3 is 2.75 bits per heavy atom. The number of hydrogen-bond acceptors (Lipinski definition) is 3. The van der Waals surface area contributed by atoms with Gasteiger partial charge in [0, 0.05) is 0 Å². The van der Waals surface area contributed by atoms with Gasteiger partial charge in [-0.25, -0.2) is 5.90 Å².